The molecule has 0 bridgehead atoms. The molecule has 4 aromatic carbocycles. The van der Waals surface area contributed by atoms with Gasteiger partial charge in [-0.25, -0.2) is 0 Å². The van der Waals surface area contributed by atoms with Crippen molar-refractivity contribution in [3.63, 3.8) is 0 Å². The molecule has 0 fully saturated rings. The maximum Gasteiger partial charge on any atom is 0.251 e. The first-order valence-corrected chi connectivity index (χ1v) is 22.9. The van der Waals surface area contributed by atoms with Crippen molar-refractivity contribution < 1.29 is 14.4 Å². The van der Waals surface area contributed by atoms with Crippen molar-refractivity contribution >= 4 is 41.0 Å². The molecule has 328 valence electrons. The molecule has 3 amide bonds. The lowest BCUT2D eigenvalue weighted by atomic mass is 9.63. The molecule has 1 atom stereocenters. The number of rotatable bonds is 14. The van der Waals surface area contributed by atoms with Crippen LogP contribution in [0.2, 0.25) is 0 Å². The first kappa shape index (κ1) is 46.3. The molecule has 0 unspecified atom stereocenters. The van der Waals surface area contributed by atoms with E-state index >= 15 is 0 Å². The van der Waals surface area contributed by atoms with Gasteiger partial charge in [0.2, 0.25) is 5.91 Å². The number of nitrogens with one attached hydrogen (secondary N) is 3. The number of amides is 3. The van der Waals surface area contributed by atoms with E-state index in [1.165, 1.54) is 70.2 Å². The van der Waals surface area contributed by atoms with E-state index in [1.807, 2.05) is 55.5 Å². The summed E-state index contributed by atoms with van der Waals surface area (Å²) < 4.78 is 0. The summed E-state index contributed by atoms with van der Waals surface area (Å²) in [6, 6.07) is 28.5. The fourth-order valence-electron chi connectivity index (χ4n) is 9.38. The van der Waals surface area contributed by atoms with E-state index in [9.17, 15) is 14.4 Å². The Hall–Kier alpha value is -5.23. The van der Waals surface area contributed by atoms with E-state index in [4.69, 9.17) is 0 Å². The third-order valence-corrected chi connectivity index (χ3v) is 13.9. The normalized spacial score (nSPS) is 17.9. The average molecular weight is 834 g/mol. The number of unbranched alkanes of at least 4 members (excludes halogenated alkanes) is 1. The van der Waals surface area contributed by atoms with E-state index < -0.39 is 6.04 Å². The minimum Gasteiger partial charge on any atom is -0.355 e. The summed E-state index contributed by atoms with van der Waals surface area (Å²) in [7, 11) is 0. The number of fused-ring (bicyclic) bond motifs is 2. The number of allylic oxidation sites excluding steroid dienone is 2. The molecule has 6 rings (SSSR count). The highest BCUT2D eigenvalue weighted by Gasteiger charge is 2.38. The molecule has 0 aliphatic heterocycles. The van der Waals surface area contributed by atoms with Crippen molar-refractivity contribution in [2.24, 2.45) is 0 Å². The van der Waals surface area contributed by atoms with Gasteiger partial charge in [-0.2, -0.15) is 0 Å². The van der Waals surface area contributed by atoms with Crippen LogP contribution in [0.25, 0.3) is 23.3 Å². The third-order valence-electron chi connectivity index (χ3n) is 13.9. The summed E-state index contributed by atoms with van der Waals surface area (Å²) in [6.45, 7) is 25.9. The molecule has 0 aromatic heterocycles. The average Bonchev–Trinajstić information content (AvgIpc) is 3.23. The molecule has 0 heterocycles. The van der Waals surface area contributed by atoms with Gasteiger partial charge in [-0.1, -0.05) is 128 Å². The monoisotopic (exact) mass is 834 g/mol. The SMILES string of the molecule is CCNC(=O)[C@H](CCCCNC(=O)c1ccc(/C=C(\C)c2ccc3c(c2)C(C)(C)CCC3(C)C)cc1)NC(=O)c1ccc(/C=C(\C)c2ccc3c(c2)C(C)(C)CCC3(C)C)cc1. The van der Waals surface area contributed by atoms with E-state index in [0.717, 1.165) is 11.1 Å². The molecule has 0 radical (unpaired) electrons. The van der Waals surface area contributed by atoms with Crippen LogP contribution >= 0.6 is 0 Å². The van der Waals surface area contributed by atoms with E-state index in [2.05, 4.69) is 134 Å². The number of carbonyl (C=O) groups is 3. The van der Waals surface area contributed by atoms with Crippen molar-refractivity contribution in [3.8, 4) is 0 Å². The summed E-state index contributed by atoms with van der Waals surface area (Å²) in [5, 5.41) is 8.85. The lowest BCUT2D eigenvalue weighted by Gasteiger charge is -2.42. The molecule has 3 N–H and O–H groups in total. The maximum absolute atomic E-state index is 13.4. The Kier molecular flexibility index (Phi) is 13.9. The molecular formula is C56H71N3O3. The molecule has 0 saturated heterocycles. The van der Waals surface area contributed by atoms with E-state index in [-0.39, 0.29) is 39.4 Å². The van der Waals surface area contributed by atoms with Gasteiger partial charge < -0.3 is 16.0 Å². The Morgan fingerprint density at radius 2 is 0.935 bits per heavy atom. The third kappa shape index (κ3) is 10.7. The lowest BCUT2D eigenvalue weighted by Crippen LogP contribution is -2.46. The van der Waals surface area contributed by atoms with Gasteiger partial charge in [-0.15, -0.1) is 0 Å². The number of hydrogen-bond donors (Lipinski definition) is 3. The zero-order chi connectivity index (χ0) is 45.0. The first-order valence-electron chi connectivity index (χ1n) is 22.9. The van der Waals surface area contributed by atoms with Crippen LogP contribution in [0.3, 0.4) is 0 Å². The fourth-order valence-corrected chi connectivity index (χ4v) is 9.38. The second-order valence-electron chi connectivity index (χ2n) is 20.6. The summed E-state index contributed by atoms with van der Waals surface area (Å²) in [4.78, 5) is 39.4. The number of hydrogen-bond acceptors (Lipinski definition) is 3. The molecule has 62 heavy (non-hydrogen) atoms. The van der Waals surface area contributed by atoms with Crippen molar-refractivity contribution in [3.05, 3.63) is 141 Å². The Morgan fingerprint density at radius 1 is 0.532 bits per heavy atom. The van der Waals surface area contributed by atoms with Gasteiger partial charge in [0.05, 0.1) is 0 Å². The van der Waals surface area contributed by atoms with Crippen LogP contribution in [-0.2, 0) is 26.5 Å². The molecule has 6 nitrogen and oxygen atoms in total. The van der Waals surface area contributed by atoms with Gasteiger partial charge in [0.25, 0.3) is 11.8 Å². The van der Waals surface area contributed by atoms with E-state index in [0.29, 0.717) is 43.5 Å². The van der Waals surface area contributed by atoms with Gasteiger partial charge >= 0.3 is 0 Å². The zero-order valence-electron chi connectivity index (χ0n) is 39.4. The van der Waals surface area contributed by atoms with Crippen LogP contribution in [0.5, 0.6) is 0 Å². The van der Waals surface area contributed by atoms with Gasteiger partial charge in [-0.3, -0.25) is 14.4 Å². The van der Waals surface area contributed by atoms with Crippen LogP contribution in [-0.4, -0.2) is 36.9 Å². The second kappa shape index (κ2) is 18.6. The molecule has 4 aromatic rings. The van der Waals surface area contributed by atoms with Crippen LogP contribution in [0.15, 0.2) is 84.9 Å². The predicted molar refractivity (Wildman–Crippen MR) is 260 cm³/mol. The van der Waals surface area contributed by atoms with Gasteiger partial charge in [0, 0.05) is 24.2 Å². The smallest absolute Gasteiger partial charge is 0.251 e. The molecular weight excluding hydrogens is 763 g/mol. The van der Waals surface area contributed by atoms with Crippen LogP contribution in [0, 0.1) is 0 Å². The van der Waals surface area contributed by atoms with Gasteiger partial charge in [0.15, 0.2) is 0 Å². The largest absolute Gasteiger partial charge is 0.355 e. The van der Waals surface area contributed by atoms with E-state index in [1.54, 1.807) is 0 Å². The zero-order valence-corrected chi connectivity index (χ0v) is 39.4. The highest BCUT2D eigenvalue weighted by atomic mass is 16.2. The Labute approximate surface area is 372 Å². The second-order valence-corrected chi connectivity index (χ2v) is 20.6. The quantitative estimate of drug-likeness (QED) is 0.0873. The minimum absolute atomic E-state index is 0.130. The molecule has 2 aliphatic rings. The summed E-state index contributed by atoms with van der Waals surface area (Å²) >= 11 is 0. The number of likely N-dealkylation sites (N-methyl/N-ethyl adjacent to an activating group) is 1. The topological polar surface area (TPSA) is 87.3 Å². The minimum atomic E-state index is -0.679. The van der Waals surface area contributed by atoms with Crippen molar-refractivity contribution in [1.29, 1.82) is 0 Å². The molecule has 6 heteroatoms. The van der Waals surface area contributed by atoms with Crippen LogP contribution < -0.4 is 16.0 Å². The summed E-state index contributed by atoms with van der Waals surface area (Å²) in [6.07, 6.45) is 10.9. The highest BCUT2D eigenvalue weighted by Crippen LogP contribution is 2.47. The predicted octanol–water partition coefficient (Wildman–Crippen LogP) is 12.3. The molecule has 2 aliphatic carbocycles. The van der Waals surface area contributed by atoms with Crippen molar-refractivity contribution in [2.75, 3.05) is 13.1 Å². The number of benzene rings is 4. The molecule has 0 saturated carbocycles. The Bertz CT molecular complexity index is 2340. The Morgan fingerprint density at radius 3 is 1.37 bits per heavy atom. The van der Waals surface area contributed by atoms with Crippen LogP contribution in [0.1, 0.15) is 186 Å². The van der Waals surface area contributed by atoms with Gasteiger partial charge in [0.1, 0.15) is 6.04 Å². The fraction of sp³-hybridized carbons (Fsp3) is 0.446. The number of carbonyl (C=O) groups excluding carboxylic acids is 3. The van der Waals surface area contributed by atoms with Gasteiger partial charge in [-0.05, 0) is 167 Å². The van der Waals surface area contributed by atoms with Crippen molar-refractivity contribution in [2.45, 2.75) is 149 Å². The standard InChI is InChI=1S/C56H71N3O3/c1-12-57-52(62)49(59-51(61)42-22-18-40(19-23-42)34-38(3)44-25-27-46-48(36-44)56(10,11)31-29-54(46,6)7)15-13-14-32-58-50(60)41-20-16-39(17-21-41)33-37(2)43-24-26-45-47(35-43)55(8,9)30-28-53(45,4)5/h16-27,33-36,49H,12-15,28-32H2,1-11H3,(H,57,62)(H,58,60)(H,59,61)/b37-33+,38-34+/t49-/m0/s1. The summed E-state index contributed by atoms with van der Waals surface area (Å²) in [5.74, 6) is -0.625. The first-order chi connectivity index (χ1) is 29.2. The lowest BCUT2D eigenvalue weighted by molar-refractivity contribution is -0.123. The summed E-state index contributed by atoms with van der Waals surface area (Å²) in [5.41, 5.74) is 14.4. The highest BCUT2D eigenvalue weighted by molar-refractivity contribution is 5.98. The van der Waals surface area contributed by atoms with Crippen molar-refractivity contribution in [1.82, 2.24) is 16.0 Å². The maximum atomic E-state index is 13.4. The Balaban J connectivity index is 0.995. The molecule has 0 spiro atoms. The van der Waals surface area contributed by atoms with Crippen LogP contribution in [0.4, 0.5) is 0 Å².